The first-order valence-corrected chi connectivity index (χ1v) is 11.3. The third-order valence-electron chi connectivity index (χ3n) is 5.12. The molecule has 3 heterocycles. The molecule has 0 saturated heterocycles. The number of aromatic nitrogens is 1. The van der Waals surface area contributed by atoms with Crippen molar-refractivity contribution in [3.8, 4) is 0 Å². The van der Waals surface area contributed by atoms with Crippen LogP contribution < -0.4 is 0 Å². The number of allylic oxidation sites excluding steroid dienone is 1. The number of sulfone groups is 1. The Morgan fingerprint density at radius 2 is 2.00 bits per heavy atom. The summed E-state index contributed by atoms with van der Waals surface area (Å²) in [5.74, 6) is 0.572. The Morgan fingerprint density at radius 3 is 2.60 bits per heavy atom. The normalized spacial score (nSPS) is 20.0. The summed E-state index contributed by atoms with van der Waals surface area (Å²) in [6, 6.07) is 8.78. The zero-order chi connectivity index (χ0) is 21.7. The fraction of sp³-hybridized carbons (Fsp3) is 0.381. The Hall–Kier alpha value is -2.30. The molecule has 30 heavy (non-hydrogen) atoms. The fourth-order valence-electron chi connectivity index (χ4n) is 3.65. The Balaban J connectivity index is 1.85. The van der Waals surface area contributed by atoms with Crippen LogP contribution in [0.2, 0.25) is 0 Å². The van der Waals surface area contributed by atoms with Gasteiger partial charge in [0.15, 0.2) is 9.84 Å². The maximum Gasteiger partial charge on any atom is 0.163 e. The van der Waals surface area contributed by atoms with Gasteiger partial charge in [0.2, 0.25) is 0 Å². The van der Waals surface area contributed by atoms with Gasteiger partial charge in [0.25, 0.3) is 0 Å². The number of hydrogen-bond acceptors (Lipinski definition) is 8. The lowest BCUT2D eigenvalue weighted by Gasteiger charge is -2.19. The molecule has 0 aliphatic carbocycles. The molecule has 1 aliphatic rings. The van der Waals surface area contributed by atoms with Crippen molar-refractivity contribution in [2.45, 2.75) is 30.8 Å². The maximum absolute atomic E-state index is 12.2. The predicted molar refractivity (Wildman–Crippen MR) is 111 cm³/mol. The molecule has 9 heteroatoms. The molecule has 0 unspecified atom stereocenters. The molecule has 2 atom stereocenters. The first-order valence-electron chi connectivity index (χ1n) is 9.54. The van der Waals surface area contributed by atoms with Gasteiger partial charge in [-0.05, 0) is 59.9 Å². The molecule has 4 N–H and O–H groups in total. The van der Waals surface area contributed by atoms with Crippen molar-refractivity contribution in [2.75, 3.05) is 19.0 Å². The van der Waals surface area contributed by atoms with Gasteiger partial charge in [-0.1, -0.05) is 6.07 Å². The molecule has 162 valence electrons. The second kappa shape index (κ2) is 9.67. The largest absolute Gasteiger partial charge is 0.459 e. The van der Waals surface area contributed by atoms with Crippen molar-refractivity contribution < 1.29 is 33.3 Å². The molecule has 0 spiro atoms. The molecular weight excluding hydrogens is 410 g/mol. The van der Waals surface area contributed by atoms with Crippen molar-refractivity contribution in [1.82, 2.24) is 4.98 Å². The van der Waals surface area contributed by atoms with Crippen LogP contribution in [0.5, 0.6) is 0 Å². The fourth-order valence-corrected chi connectivity index (χ4v) is 5.53. The van der Waals surface area contributed by atoms with E-state index in [1.54, 1.807) is 30.5 Å². The van der Waals surface area contributed by atoms with Crippen LogP contribution in [0.4, 0.5) is 0 Å². The lowest BCUT2D eigenvalue weighted by molar-refractivity contribution is 0.188. The average molecular weight is 435 g/mol. The highest BCUT2D eigenvalue weighted by Crippen LogP contribution is 2.33. The number of pyridine rings is 1. The smallest absolute Gasteiger partial charge is 0.163 e. The van der Waals surface area contributed by atoms with Crippen LogP contribution in [0.1, 0.15) is 30.1 Å². The first kappa shape index (κ1) is 22.4. The van der Waals surface area contributed by atoms with Gasteiger partial charge in [0.1, 0.15) is 23.4 Å². The van der Waals surface area contributed by atoms with Crippen LogP contribution in [-0.4, -0.2) is 64.1 Å². The van der Waals surface area contributed by atoms with Gasteiger partial charge in [0, 0.05) is 6.20 Å². The van der Waals surface area contributed by atoms with E-state index in [1.165, 1.54) is 0 Å². The summed E-state index contributed by atoms with van der Waals surface area (Å²) < 4.78 is 30.0. The van der Waals surface area contributed by atoms with Gasteiger partial charge >= 0.3 is 0 Å². The predicted octanol–water partition coefficient (Wildman–Crippen LogP) is 0.927. The highest BCUT2D eigenvalue weighted by atomic mass is 32.2. The van der Waals surface area contributed by atoms with Crippen molar-refractivity contribution >= 4 is 21.5 Å². The van der Waals surface area contributed by atoms with Gasteiger partial charge in [-0.2, -0.15) is 0 Å². The summed E-state index contributed by atoms with van der Waals surface area (Å²) in [7, 11) is -3.64. The molecule has 1 aliphatic heterocycles. The molecule has 0 bridgehead atoms. The third kappa shape index (κ3) is 4.88. The summed E-state index contributed by atoms with van der Waals surface area (Å²) in [5.41, 5.74) is 1.84. The van der Waals surface area contributed by atoms with Gasteiger partial charge in [-0.15, -0.1) is 0 Å². The van der Waals surface area contributed by atoms with Gasteiger partial charge in [-0.25, -0.2) is 8.42 Å². The monoisotopic (exact) mass is 435 g/mol. The topological polar surface area (TPSA) is 141 Å². The highest BCUT2D eigenvalue weighted by molar-refractivity contribution is 7.92. The average Bonchev–Trinajstić information content (AvgIpc) is 3.31. The van der Waals surface area contributed by atoms with Crippen molar-refractivity contribution in [3.05, 3.63) is 64.9 Å². The molecule has 0 fully saturated rings. The Labute approximate surface area is 174 Å². The summed E-state index contributed by atoms with van der Waals surface area (Å²) in [6.45, 7) is -1.35. The van der Waals surface area contributed by atoms with Crippen LogP contribution in [0.15, 0.2) is 52.1 Å². The van der Waals surface area contributed by atoms with Crippen molar-refractivity contribution in [3.63, 3.8) is 0 Å². The SMILES string of the molecule is O=S1(=O)CC(CO)=C([C@H](O)CC/C(=C/c2ccc(CO)o2)c2ccccn2)[C@@H]1CO. The number of aliphatic hydroxyl groups excluding tert-OH is 4. The van der Waals surface area contributed by atoms with E-state index in [0.29, 0.717) is 23.6 Å². The summed E-state index contributed by atoms with van der Waals surface area (Å²) >= 11 is 0. The quantitative estimate of drug-likeness (QED) is 0.426. The van der Waals surface area contributed by atoms with Crippen LogP contribution >= 0.6 is 0 Å². The summed E-state index contributed by atoms with van der Waals surface area (Å²) in [4.78, 5) is 4.33. The molecule has 8 nitrogen and oxygen atoms in total. The van der Waals surface area contributed by atoms with Gasteiger partial charge < -0.3 is 24.8 Å². The number of hydrogen-bond donors (Lipinski definition) is 4. The number of furan rings is 1. The number of aliphatic hydroxyl groups is 4. The molecule has 3 rings (SSSR count). The Kier molecular flexibility index (Phi) is 7.22. The number of nitrogens with zero attached hydrogens (tertiary/aromatic N) is 1. The number of rotatable bonds is 9. The standard InChI is InChI=1S/C21H25NO7S/c23-10-15-13-30(27,28)20(12-25)21(15)19(26)7-4-14(18-3-1-2-8-22-18)9-16-5-6-17(11-24)29-16/h1-3,5-6,8-9,19-20,23-26H,4,7,10-13H2/b14-9-/t19-,20+/m1/s1. The summed E-state index contributed by atoms with van der Waals surface area (Å²) in [5, 5.41) is 37.8. The van der Waals surface area contributed by atoms with Crippen LogP contribution in [0.25, 0.3) is 11.6 Å². The Morgan fingerprint density at radius 1 is 1.20 bits per heavy atom. The van der Waals surface area contributed by atoms with E-state index in [0.717, 1.165) is 5.57 Å². The molecule has 0 amide bonds. The first-order chi connectivity index (χ1) is 14.4. The molecule has 2 aromatic rings. The lowest BCUT2D eigenvalue weighted by atomic mass is 9.94. The van der Waals surface area contributed by atoms with Crippen LogP contribution in [0, 0.1) is 0 Å². The second-order valence-electron chi connectivity index (χ2n) is 7.10. The molecule has 0 radical (unpaired) electrons. The zero-order valence-corrected chi connectivity index (χ0v) is 17.1. The molecule has 2 aromatic heterocycles. The van der Waals surface area contributed by atoms with E-state index in [2.05, 4.69) is 4.98 Å². The van der Waals surface area contributed by atoms with Gasteiger partial charge in [-0.3, -0.25) is 4.98 Å². The lowest BCUT2D eigenvalue weighted by Crippen LogP contribution is -2.29. The Bertz CT molecular complexity index is 1020. The summed E-state index contributed by atoms with van der Waals surface area (Å²) in [6.07, 6.45) is 2.76. The third-order valence-corrected chi connectivity index (χ3v) is 7.14. The highest BCUT2D eigenvalue weighted by Gasteiger charge is 2.40. The minimum absolute atomic E-state index is 0.167. The van der Waals surface area contributed by atoms with Crippen LogP contribution in [0.3, 0.4) is 0 Å². The minimum Gasteiger partial charge on any atom is -0.459 e. The van der Waals surface area contributed by atoms with E-state index in [-0.39, 0.29) is 29.9 Å². The second-order valence-corrected chi connectivity index (χ2v) is 9.28. The molecule has 0 aromatic carbocycles. The van der Waals surface area contributed by atoms with Crippen LogP contribution in [-0.2, 0) is 16.4 Å². The van der Waals surface area contributed by atoms with Crippen molar-refractivity contribution in [1.29, 1.82) is 0 Å². The zero-order valence-electron chi connectivity index (χ0n) is 16.3. The van der Waals surface area contributed by atoms with E-state index < -0.39 is 34.4 Å². The maximum atomic E-state index is 12.2. The minimum atomic E-state index is -3.64. The van der Waals surface area contributed by atoms with Gasteiger partial charge in [0.05, 0.1) is 30.8 Å². The molecule has 0 saturated carbocycles. The molecular formula is C21H25NO7S. The van der Waals surface area contributed by atoms with E-state index >= 15 is 0 Å². The van der Waals surface area contributed by atoms with Crippen molar-refractivity contribution in [2.24, 2.45) is 0 Å². The van der Waals surface area contributed by atoms with E-state index in [9.17, 15) is 28.8 Å². The van der Waals surface area contributed by atoms with E-state index in [1.807, 2.05) is 12.1 Å². The van der Waals surface area contributed by atoms with E-state index in [4.69, 9.17) is 4.42 Å².